The van der Waals surface area contributed by atoms with E-state index in [0.29, 0.717) is 17.2 Å². The number of rotatable bonds is 4. The fraction of sp³-hybridized carbons (Fsp3) is 0.556. The Morgan fingerprint density at radius 3 is 2.50 bits per heavy atom. The van der Waals surface area contributed by atoms with Gasteiger partial charge in [0, 0.05) is 43.7 Å². The van der Waals surface area contributed by atoms with E-state index in [4.69, 9.17) is 0 Å². The number of nitrogens with zero attached hydrogens (tertiary/aromatic N) is 3. The third-order valence-electron chi connectivity index (χ3n) is 4.88. The number of hydrogen-bond acceptors (Lipinski definition) is 4. The van der Waals surface area contributed by atoms with Crippen molar-refractivity contribution >= 4 is 29.3 Å². The molecule has 0 bridgehead atoms. The number of amides is 2. The minimum Gasteiger partial charge on any atom is -0.375 e. The van der Waals surface area contributed by atoms with Crippen LogP contribution in [0.3, 0.4) is 0 Å². The zero-order chi connectivity index (χ0) is 17.1. The largest absolute Gasteiger partial charge is 0.375 e. The Labute approximate surface area is 148 Å². The van der Waals surface area contributed by atoms with Crippen LogP contribution in [-0.2, 0) is 4.79 Å². The zero-order valence-corrected chi connectivity index (χ0v) is 15.2. The van der Waals surface area contributed by atoms with E-state index in [1.165, 1.54) is 0 Å². The van der Waals surface area contributed by atoms with Gasteiger partial charge in [-0.25, -0.2) is 0 Å². The van der Waals surface area contributed by atoms with Crippen molar-refractivity contribution < 1.29 is 9.59 Å². The number of carbonyl (C=O) groups is 2. The summed E-state index contributed by atoms with van der Waals surface area (Å²) in [6.07, 6.45) is 2.15. The number of benzene rings is 1. The van der Waals surface area contributed by atoms with E-state index in [1.54, 1.807) is 16.7 Å². The molecule has 0 saturated carbocycles. The SMILES string of the molecule is CCN(C)c1ccc(C(=O)N2CSC[C@@H]2C(=O)N2CCCC2)cc1. The maximum absolute atomic E-state index is 12.9. The molecule has 0 unspecified atom stereocenters. The summed E-state index contributed by atoms with van der Waals surface area (Å²) in [4.78, 5) is 31.3. The summed E-state index contributed by atoms with van der Waals surface area (Å²) in [5.41, 5.74) is 1.75. The Morgan fingerprint density at radius 1 is 1.21 bits per heavy atom. The molecule has 1 aromatic carbocycles. The van der Waals surface area contributed by atoms with Crippen LogP contribution in [0.4, 0.5) is 5.69 Å². The highest BCUT2D eigenvalue weighted by molar-refractivity contribution is 7.99. The van der Waals surface area contributed by atoms with Crippen LogP contribution < -0.4 is 4.90 Å². The van der Waals surface area contributed by atoms with Crippen LogP contribution in [0.25, 0.3) is 0 Å². The van der Waals surface area contributed by atoms with Gasteiger partial charge in [-0.05, 0) is 44.0 Å². The van der Waals surface area contributed by atoms with Crippen LogP contribution in [0, 0.1) is 0 Å². The predicted molar refractivity (Wildman–Crippen MR) is 98.5 cm³/mol. The van der Waals surface area contributed by atoms with Crippen molar-refractivity contribution in [1.29, 1.82) is 0 Å². The lowest BCUT2D eigenvalue weighted by atomic mass is 10.1. The van der Waals surface area contributed by atoms with E-state index in [2.05, 4.69) is 11.8 Å². The van der Waals surface area contributed by atoms with Gasteiger partial charge < -0.3 is 14.7 Å². The first-order chi connectivity index (χ1) is 11.6. The summed E-state index contributed by atoms with van der Waals surface area (Å²) in [5, 5.41) is 0. The molecule has 6 heteroatoms. The fourth-order valence-corrected chi connectivity index (χ4v) is 4.35. The summed E-state index contributed by atoms with van der Waals surface area (Å²) in [6.45, 7) is 4.68. The maximum Gasteiger partial charge on any atom is 0.255 e. The van der Waals surface area contributed by atoms with Gasteiger partial charge in [-0.2, -0.15) is 0 Å². The molecule has 24 heavy (non-hydrogen) atoms. The molecule has 0 aromatic heterocycles. The molecule has 1 atom stereocenters. The van der Waals surface area contributed by atoms with Crippen molar-refractivity contribution in [2.24, 2.45) is 0 Å². The molecular weight excluding hydrogens is 322 g/mol. The Bertz CT molecular complexity index is 599. The second kappa shape index (κ2) is 7.47. The monoisotopic (exact) mass is 347 g/mol. The average molecular weight is 347 g/mol. The first-order valence-electron chi connectivity index (χ1n) is 8.60. The molecule has 2 fully saturated rings. The van der Waals surface area contributed by atoms with Crippen molar-refractivity contribution in [1.82, 2.24) is 9.80 Å². The molecule has 0 aliphatic carbocycles. The highest BCUT2D eigenvalue weighted by atomic mass is 32.2. The van der Waals surface area contributed by atoms with Gasteiger partial charge in [0.15, 0.2) is 0 Å². The van der Waals surface area contributed by atoms with Crippen LogP contribution in [0.2, 0.25) is 0 Å². The molecule has 2 heterocycles. The quantitative estimate of drug-likeness (QED) is 0.838. The van der Waals surface area contributed by atoms with Gasteiger partial charge in [-0.1, -0.05) is 0 Å². The lowest BCUT2D eigenvalue weighted by Crippen LogP contribution is -2.48. The Kier molecular flexibility index (Phi) is 5.33. The van der Waals surface area contributed by atoms with Crippen LogP contribution in [0.5, 0.6) is 0 Å². The van der Waals surface area contributed by atoms with E-state index < -0.39 is 0 Å². The number of thioether (sulfide) groups is 1. The predicted octanol–water partition coefficient (Wildman–Crippen LogP) is 2.28. The molecule has 3 rings (SSSR count). The minimum absolute atomic E-state index is 0.0387. The van der Waals surface area contributed by atoms with E-state index in [9.17, 15) is 9.59 Å². The zero-order valence-electron chi connectivity index (χ0n) is 14.4. The number of anilines is 1. The molecule has 2 amide bonds. The first-order valence-corrected chi connectivity index (χ1v) is 9.76. The number of likely N-dealkylation sites (tertiary alicyclic amines) is 1. The van der Waals surface area contributed by atoms with Gasteiger partial charge in [-0.15, -0.1) is 11.8 Å². The third kappa shape index (κ3) is 3.38. The summed E-state index contributed by atoms with van der Waals surface area (Å²) in [6, 6.07) is 7.36. The molecule has 1 aromatic rings. The molecular formula is C18H25N3O2S. The smallest absolute Gasteiger partial charge is 0.255 e. The van der Waals surface area contributed by atoms with Crippen LogP contribution in [0.1, 0.15) is 30.1 Å². The highest BCUT2D eigenvalue weighted by Gasteiger charge is 2.37. The highest BCUT2D eigenvalue weighted by Crippen LogP contribution is 2.26. The van der Waals surface area contributed by atoms with Gasteiger partial charge in [0.05, 0.1) is 5.88 Å². The van der Waals surface area contributed by atoms with E-state index in [-0.39, 0.29) is 17.9 Å². The normalized spacial score (nSPS) is 20.5. The summed E-state index contributed by atoms with van der Waals surface area (Å²) in [7, 11) is 2.03. The van der Waals surface area contributed by atoms with Crippen molar-refractivity contribution in [2.75, 3.05) is 43.2 Å². The van der Waals surface area contributed by atoms with Crippen molar-refractivity contribution in [2.45, 2.75) is 25.8 Å². The molecule has 5 nitrogen and oxygen atoms in total. The fourth-order valence-electron chi connectivity index (χ4n) is 3.20. The molecule has 0 spiro atoms. The lowest BCUT2D eigenvalue weighted by molar-refractivity contribution is -0.133. The van der Waals surface area contributed by atoms with Gasteiger partial charge in [0.1, 0.15) is 6.04 Å². The standard InChI is InChI=1S/C18H25N3O2S/c1-3-19(2)15-8-6-14(7-9-15)17(22)21-13-24-12-16(21)18(23)20-10-4-5-11-20/h6-9,16H,3-5,10-13H2,1-2H3/t16-/m1/s1. The van der Waals surface area contributed by atoms with Gasteiger partial charge in [0.2, 0.25) is 5.91 Å². The maximum atomic E-state index is 12.9. The molecule has 0 N–H and O–H groups in total. The van der Waals surface area contributed by atoms with Gasteiger partial charge in [0.25, 0.3) is 5.91 Å². The van der Waals surface area contributed by atoms with Gasteiger partial charge in [-0.3, -0.25) is 9.59 Å². The second-order valence-electron chi connectivity index (χ2n) is 6.38. The average Bonchev–Trinajstić information content (AvgIpc) is 3.31. The number of carbonyl (C=O) groups excluding carboxylic acids is 2. The van der Waals surface area contributed by atoms with Crippen molar-refractivity contribution in [3.63, 3.8) is 0 Å². The Balaban J connectivity index is 1.72. The molecule has 2 saturated heterocycles. The number of hydrogen-bond donors (Lipinski definition) is 0. The molecule has 0 radical (unpaired) electrons. The van der Waals surface area contributed by atoms with E-state index in [1.807, 2.05) is 36.2 Å². The lowest BCUT2D eigenvalue weighted by Gasteiger charge is -2.27. The minimum atomic E-state index is -0.307. The summed E-state index contributed by atoms with van der Waals surface area (Å²) in [5.74, 6) is 1.38. The van der Waals surface area contributed by atoms with Crippen molar-refractivity contribution in [3.8, 4) is 0 Å². The van der Waals surface area contributed by atoms with E-state index in [0.717, 1.165) is 38.2 Å². The topological polar surface area (TPSA) is 43.9 Å². The summed E-state index contributed by atoms with van der Waals surface area (Å²) < 4.78 is 0. The summed E-state index contributed by atoms with van der Waals surface area (Å²) >= 11 is 1.66. The molecule has 2 aliphatic rings. The Hall–Kier alpha value is -1.69. The first kappa shape index (κ1) is 17.1. The molecule has 130 valence electrons. The Morgan fingerprint density at radius 2 is 1.88 bits per heavy atom. The van der Waals surface area contributed by atoms with Crippen molar-refractivity contribution in [3.05, 3.63) is 29.8 Å². The van der Waals surface area contributed by atoms with Gasteiger partial charge >= 0.3 is 0 Å². The van der Waals surface area contributed by atoms with E-state index >= 15 is 0 Å². The van der Waals surface area contributed by atoms with Crippen LogP contribution in [-0.4, -0.2) is 66.0 Å². The van der Waals surface area contributed by atoms with Crippen LogP contribution in [0.15, 0.2) is 24.3 Å². The third-order valence-corrected chi connectivity index (χ3v) is 5.89. The second-order valence-corrected chi connectivity index (χ2v) is 7.38. The van der Waals surface area contributed by atoms with Crippen LogP contribution >= 0.6 is 11.8 Å². The molecule has 2 aliphatic heterocycles.